The smallest absolute Gasteiger partial charge is 0.220 e. The first kappa shape index (κ1) is 16.6. The Morgan fingerprint density at radius 3 is 2.50 bits per heavy atom. The van der Waals surface area contributed by atoms with Crippen LogP contribution in [0.2, 0.25) is 0 Å². The average molecular weight is 332 g/mol. The van der Waals surface area contributed by atoms with Gasteiger partial charge in [0.05, 0.1) is 0 Å². The lowest BCUT2D eigenvalue weighted by Crippen LogP contribution is -2.63. The van der Waals surface area contributed by atoms with Crippen LogP contribution >= 0.6 is 0 Å². The summed E-state index contributed by atoms with van der Waals surface area (Å²) in [4.78, 5) is 24.2. The largest absolute Gasteiger partial charge is 0.353 e. The number of carbonyl (C=O) groups is 2. The standard InChI is InChI=1S/C21H33NO2/c1-12-11-17-21(4,10-8-18(24)22-17)16-7-9-20(3)14(13(2)23)5-6-15(20)19(12)16/h12,14-17,19H,5-11H2,1-4H3,(H,22,24). The fourth-order valence-electron chi connectivity index (χ4n) is 7.71. The Kier molecular flexibility index (Phi) is 3.68. The number of fused-ring (bicyclic) bond motifs is 5. The molecule has 3 nitrogen and oxygen atoms in total. The Morgan fingerprint density at radius 2 is 1.79 bits per heavy atom. The van der Waals surface area contributed by atoms with Crippen molar-refractivity contribution in [2.45, 2.75) is 78.7 Å². The van der Waals surface area contributed by atoms with E-state index in [2.05, 4.69) is 26.1 Å². The van der Waals surface area contributed by atoms with Crippen LogP contribution in [0.15, 0.2) is 0 Å². The van der Waals surface area contributed by atoms with Crippen LogP contribution in [0.3, 0.4) is 0 Å². The second-order valence-electron chi connectivity index (χ2n) is 9.91. The second kappa shape index (κ2) is 5.32. The molecule has 8 atom stereocenters. The number of amides is 1. The maximum atomic E-state index is 12.2. The number of rotatable bonds is 1. The average Bonchev–Trinajstić information content (AvgIpc) is 2.86. The number of Topliss-reactive ketones (excluding diaryl/α,β-unsaturated/α-hetero) is 1. The van der Waals surface area contributed by atoms with Crippen molar-refractivity contribution in [3.8, 4) is 0 Å². The summed E-state index contributed by atoms with van der Waals surface area (Å²) in [6.45, 7) is 9.07. The number of nitrogens with one attached hydrogen (secondary N) is 1. The third kappa shape index (κ3) is 2.08. The molecule has 3 heteroatoms. The Hall–Kier alpha value is -0.860. The molecule has 4 rings (SSSR count). The Bertz CT molecular complexity index is 572. The van der Waals surface area contributed by atoms with Crippen molar-refractivity contribution in [2.75, 3.05) is 0 Å². The lowest BCUT2D eigenvalue weighted by atomic mass is 9.45. The number of piperidine rings is 1. The van der Waals surface area contributed by atoms with Gasteiger partial charge in [0.25, 0.3) is 0 Å². The Labute approximate surface area is 146 Å². The van der Waals surface area contributed by atoms with E-state index in [-0.39, 0.29) is 22.7 Å². The maximum Gasteiger partial charge on any atom is 0.220 e. The van der Waals surface area contributed by atoms with Crippen LogP contribution in [0.5, 0.6) is 0 Å². The van der Waals surface area contributed by atoms with E-state index in [1.165, 1.54) is 19.3 Å². The van der Waals surface area contributed by atoms with E-state index in [0.29, 0.717) is 30.1 Å². The molecule has 1 aliphatic heterocycles. The number of hydrogen-bond donors (Lipinski definition) is 1. The van der Waals surface area contributed by atoms with Crippen molar-refractivity contribution in [3.05, 3.63) is 0 Å². The van der Waals surface area contributed by atoms with Gasteiger partial charge in [-0.25, -0.2) is 0 Å². The van der Waals surface area contributed by atoms with Gasteiger partial charge in [0.15, 0.2) is 0 Å². The molecule has 0 bridgehead atoms. The van der Waals surface area contributed by atoms with Gasteiger partial charge in [-0.3, -0.25) is 9.59 Å². The Balaban J connectivity index is 1.67. The molecule has 4 fully saturated rings. The summed E-state index contributed by atoms with van der Waals surface area (Å²) in [7, 11) is 0. The summed E-state index contributed by atoms with van der Waals surface area (Å²) in [5, 5.41) is 3.33. The molecule has 3 saturated carbocycles. The van der Waals surface area contributed by atoms with Gasteiger partial charge in [-0.2, -0.15) is 0 Å². The minimum Gasteiger partial charge on any atom is -0.353 e. The lowest BCUT2D eigenvalue weighted by Gasteiger charge is -2.62. The number of carbonyl (C=O) groups excluding carboxylic acids is 2. The van der Waals surface area contributed by atoms with Gasteiger partial charge in [0, 0.05) is 18.4 Å². The molecule has 1 amide bonds. The van der Waals surface area contributed by atoms with Crippen molar-refractivity contribution in [3.63, 3.8) is 0 Å². The summed E-state index contributed by atoms with van der Waals surface area (Å²) >= 11 is 0. The van der Waals surface area contributed by atoms with Gasteiger partial charge < -0.3 is 5.32 Å². The zero-order valence-electron chi connectivity index (χ0n) is 15.7. The molecule has 0 aromatic heterocycles. The van der Waals surface area contributed by atoms with Crippen molar-refractivity contribution in [1.82, 2.24) is 5.32 Å². The summed E-state index contributed by atoms with van der Waals surface area (Å²) in [6, 6.07) is 0.365. The Morgan fingerprint density at radius 1 is 1.08 bits per heavy atom. The summed E-state index contributed by atoms with van der Waals surface area (Å²) in [6.07, 6.45) is 7.66. The molecule has 1 heterocycles. The first-order chi connectivity index (χ1) is 11.3. The van der Waals surface area contributed by atoms with Crippen molar-refractivity contribution >= 4 is 11.7 Å². The molecule has 0 spiro atoms. The van der Waals surface area contributed by atoms with Gasteiger partial charge in [-0.1, -0.05) is 20.8 Å². The molecule has 0 aromatic carbocycles. The predicted molar refractivity (Wildman–Crippen MR) is 94.3 cm³/mol. The van der Waals surface area contributed by atoms with E-state index in [4.69, 9.17) is 0 Å². The van der Waals surface area contributed by atoms with Crippen LogP contribution in [0.1, 0.15) is 72.6 Å². The molecule has 1 saturated heterocycles. The van der Waals surface area contributed by atoms with Gasteiger partial charge >= 0.3 is 0 Å². The molecule has 3 aliphatic carbocycles. The minimum absolute atomic E-state index is 0.225. The lowest BCUT2D eigenvalue weighted by molar-refractivity contribution is -0.146. The molecule has 0 radical (unpaired) electrons. The zero-order chi connectivity index (χ0) is 17.3. The molecule has 1 N–H and O–H groups in total. The highest BCUT2D eigenvalue weighted by molar-refractivity contribution is 5.79. The number of hydrogen-bond acceptors (Lipinski definition) is 2. The van der Waals surface area contributed by atoms with Gasteiger partial charge in [0.2, 0.25) is 5.91 Å². The summed E-state index contributed by atoms with van der Waals surface area (Å²) < 4.78 is 0. The van der Waals surface area contributed by atoms with E-state index in [1.807, 2.05) is 6.92 Å². The van der Waals surface area contributed by atoms with Crippen LogP contribution in [0.4, 0.5) is 0 Å². The molecule has 134 valence electrons. The third-order valence-electron chi connectivity index (χ3n) is 8.96. The van der Waals surface area contributed by atoms with Gasteiger partial charge in [-0.15, -0.1) is 0 Å². The fourth-order valence-corrected chi connectivity index (χ4v) is 7.71. The molecule has 8 unspecified atom stereocenters. The quantitative estimate of drug-likeness (QED) is 0.790. The predicted octanol–water partition coefficient (Wildman–Crippen LogP) is 3.96. The summed E-state index contributed by atoms with van der Waals surface area (Å²) in [5.74, 6) is 3.77. The van der Waals surface area contributed by atoms with E-state index in [9.17, 15) is 9.59 Å². The molecule has 4 aliphatic rings. The van der Waals surface area contributed by atoms with Crippen molar-refractivity contribution in [1.29, 1.82) is 0 Å². The van der Waals surface area contributed by atoms with Crippen LogP contribution in [-0.4, -0.2) is 17.7 Å². The zero-order valence-corrected chi connectivity index (χ0v) is 15.7. The molecule has 24 heavy (non-hydrogen) atoms. The second-order valence-corrected chi connectivity index (χ2v) is 9.91. The van der Waals surface area contributed by atoms with E-state index >= 15 is 0 Å². The van der Waals surface area contributed by atoms with Crippen LogP contribution < -0.4 is 5.32 Å². The van der Waals surface area contributed by atoms with Gasteiger partial charge in [0.1, 0.15) is 5.78 Å². The third-order valence-corrected chi connectivity index (χ3v) is 8.96. The topological polar surface area (TPSA) is 46.2 Å². The van der Waals surface area contributed by atoms with Crippen molar-refractivity contribution in [2.24, 2.45) is 40.4 Å². The molecular weight excluding hydrogens is 298 g/mol. The van der Waals surface area contributed by atoms with E-state index < -0.39 is 0 Å². The highest BCUT2D eigenvalue weighted by Crippen LogP contribution is 2.66. The SMILES string of the molecule is CC(=O)C1CCC2C3C(C)CC4NC(=O)CCC4(C)C3CCC12C. The minimum atomic E-state index is 0.225. The van der Waals surface area contributed by atoms with Crippen LogP contribution in [0.25, 0.3) is 0 Å². The van der Waals surface area contributed by atoms with E-state index in [0.717, 1.165) is 31.1 Å². The van der Waals surface area contributed by atoms with E-state index in [1.54, 1.807) is 0 Å². The maximum absolute atomic E-state index is 12.2. The number of ketones is 1. The van der Waals surface area contributed by atoms with Gasteiger partial charge in [-0.05, 0) is 80.0 Å². The fraction of sp³-hybridized carbons (Fsp3) is 0.905. The van der Waals surface area contributed by atoms with Crippen LogP contribution in [-0.2, 0) is 9.59 Å². The highest BCUT2D eigenvalue weighted by Gasteiger charge is 2.62. The molecule has 0 aromatic rings. The molecular formula is C21H33NO2. The van der Waals surface area contributed by atoms with Crippen molar-refractivity contribution < 1.29 is 9.59 Å². The first-order valence-electron chi connectivity index (χ1n) is 10.1. The normalized spacial score (nSPS) is 53.6. The van der Waals surface area contributed by atoms with Crippen LogP contribution in [0, 0.1) is 40.4 Å². The highest BCUT2D eigenvalue weighted by atomic mass is 16.1. The summed E-state index contributed by atoms with van der Waals surface area (Å²) in [5.41, 5.74) is 0.489. The first-order valence-corrected chi connectivity index (χ1v) is 10.1. The monoisotopic (exact) mass is 331 g/mol.